The Morgan fingerprint density at radius 3 is 2.44 bits per heavy atom. The summed E-state index contributed by atoms with van der Waals surface area (Å²) in [5.74, 6) is 0. The molecule has 0 amide bonds. The number of rotatable bonds is 6. The first kappa shape index (κ1) is 22.5. The molecule has 0 N–H and O–H groups in total. The Labute approximate surface area is 200 Å². The van der Waals surface area contributed by atoms with Crippen molar-refractivity contribution < 1.29 is 4.74 Å². The standard InChI is InChI=1S/C26H32N6O2/c1-30-25(33)17-24(23-9-12-27-19-28-23)29-26(30)34-22-10-15-32(16-11-22)21-7-5-20(6-8-21)18-31-13-3-2-4-14-31/h5-9,12,17,19,22H,2-4,10-11,13-16,18H2,1H3. The van der Waals surface area contributed by atoms with Gasteiger partial charge < -0.3 is 9.64 Å². The topological polar surface area (TPSA) is 76.4 Å². The number of likely N-dealkylation sites (tertiary alicyclic amines) is 1. The van der Waals surface area contributed by atoms with Crippen LogP contribution in [0.15, 0.2) is 53.7 Å². The second kappa shape index (κ2) is 10.3. The smallest absolute Gasteiger partial charge is 0.299 e. The normalized spacial score (nSPS) is 17.6. The Morgan fingerprint density at radius 2 is 1.74 bits per heavy atom. The molecule has 34 heavy (non-hydrogen) atoms. The number of hydrogen-bond acceptors (Lipinski definition) is 7. The van der Waals surface area contributed by atoms with E-state index < -0.39 is 0 Å². The highest BCUT2D eigenvalue weighted by Gasteiger charge is 2.23. The molecular weight excluding hydrogens is 428 g/mol. The Kier molecular flexibility index (Phi) is 6.85. The van der Waals surface area contributed by atoms with Crippen LogP contribution in [-0.4, -0.2) is 56.7 Å². The van der Waals surface area contributed by atoms with Crippen LogP contribution in [0.25, 0.3) is 11.4 Å². The minimum atomic E-state index is -0.166. The van der Waals surface area contributed by atoms with Crippen molar-refractivity contribution in [1.82, 2.24) is 24.4 Å². The van der Waals surface area contributed by atoms with Crippen LogP contribution in [0.4, 0.5) is 5.69 Å². The summed E-state index contributed by atoms with van der Waals surface area (Å²) in [7, 11) is 1.69. The minimum Gasteiger partial charge on any atom is -0.461 e. The van der Waals surface area contributed by atoms with E-state index in [2.05, 4.69) is 49.0 Å². The van der Waals surface area contributed by atoms with Gasteiger partial charge in [-0.25, -0.2) is 9.97 Å². The predicted molar refractivity (Wildman–Crippen MR) is 132 cm³/mol. The lowest BCUT2D eigenvalue weighted by Gasteiger charge is -2.34. The van der Waals surface area contributed by atoms with Gasteiger partial charge in [-0.2, -0.15) is 4.98 Å². The number of hydrogen-bond donors (Lipinski definition) is 0. The van der Waals surface area contributed by atoms with E-state index in [1.807, 2.05) is 0 Å². The molecular formula is C26H32N6O2. The second-order valence-corrected chi connectivity index (χ2v) is 9.22. The van der Waals surface area contributed by atoms with Crippen molar-refractivity contribution in [2.24, 2.45) is 7.05 Å². The van der Waals surface area contributed by atoms with Gasteiger partial charge in [0.15, 0.2) is 0 Å². The summed E-state index contributed by atoms with van der Waals surface area (Å²) in [5.41, 5.74) is 3.59. The maximum Gasteiger partial charge on any atom is 0.299 e. The van der Waals surface area contributed by atoms with Gasteiger partial charge in [-0.1, -0.05) is 18.6 Å². The Bertz CT molecular complexity index is 1130. The number of nitrogens with zero attached hydrogens (tertiary/aromatic N) is 6. The zero-order valence-corrected chi connectivity index (χ0v) is 19.8. The summed E-state index contributed by atoms with van der Waals surface area (Å²) in [5, 5.41) is 0. The van der Waals surface area contributed by atoms with Gasteiger partial charge in [0.05, 0.1) is 11.4 Å². The van der Waals surface area contributed by atoms with Gasteiger partial charge in [-0.3, -0.25) is 14.3 Å². The summed E-state index contributed by atoms with van der Waals surface area (Å²) in [4.78, 5) is 30.1. The molecule has 0 aliphatic carbocycles. The molecule has 0 bridgehead atoms. The first-order valence-corrected chi connectivity index (χ1v) is 12.2. The molecule has 5 rings (SSSR count). The first-order chi connectivity index (χ1) is 16.7. The maximum absolute atomic E-state index is 12.5. The third-order valence-electron chi connectivity index (χ3n) is 6.81. The second-order valence-electron chi connectivity index (χ2n) is 9.22. The van der Waals surface area contributed by atoms with Gasteiger partial charge in [-0.15, -0.1) is 0 Å². The van der Waals surface area contributed by atoms with Crippen molar-refractivity contribution in [3.63, 3.8) is 0 Å². The van der Waals surface area contributed by atoms with Gasteiger partial charge >= 0.3 is 0 Å². The van der Waals surface area contributed by atoms with E-state index in [9.17, 15) is 4.79 Å². The van der Waals surface area contributed by atoms with Crippen molar-refractivity contribution in [1.29, 1.82) is 0 Å². The number of aromatic nitrogens is 4. The largest absolute Gasteiger partial charge is 0.461 e. The molecule has 8 nitrogen and oxygen atoms in total. The Morgan fingerprint density at radius 1 is 0.971 bits per heavy atom. The maximum atomic E-state index is 12.5. The average Bonchev–Trinajstić information content (AvgIpc) is 2.89. The fourth-order valence-electron chi connectivity index (χ4n) is 4.77. The van der Waals surface area contributed by atoms with Crippen LogP contribution in [-0.2, 0) is 13.6 Å². The van der Waals surface area contributed by atoms with Gasteiger partial charge in [-0.05, 0) is 49.7 Å². The molecule has 8 heteroatoms. The number of benzene rings is 1. The molecule has 1 aromatic carbocycles. The summed E-state index contributed by atoms with van der Waals surface area (Å²) in [6.45, 7) is 5.32. The zero-order valence-electron chi connectivity index (χ0n) is 19.8. The Balaban J connectivity index is 1.19. The number of ether oxygens (including phenoxy) is 1. The van der Waals surface area contributed by atoms with Crippen LogP contribution in [0.2, 0.25) is 0 Å². The van der Waals surface area contributed by atoms with Crippen LogP contribution in [0.5, 0.6) is 6.01 Å². The lowest BCUT2D eigenvalue weighted by atomic mass is 10.1. The SMILES string of the molecule is Cn1c(OC2CCN(c3ccc(CN4CCCCC4)cc3)CC2)nc(-c2ccncn2)cc1=O. The van der Waals surface area contributed by atoms with Crippen LogP contribution in [0.3, 0.4) is 0 Å². The van der Waals surface area contributed by atoms with E-state index in [4.69, 9.17) is 4.74 Å². The van der Waals surface area contributed by atoms with Crippen molar-refractivity contribution >= 4 is 5.69 Å². The molecule has 2 saturated heterocycles. The van der Waals surface area contributed by atoms with Crippen LogP contribution in [0.1, 0.15) is 37.7 Å². The van der Waals surface area contributed by atoms with Crippen molar-refractivity contribution in [2.75, 3.05) is 31.1 Å². The van der Waals surface area contributed by atoms with E-state index in [1.54, 1.807) is 19.3 Å². The monoisotopic (exact) mass is 460 g/mol. The molecule has 4 heterocycles. The highest BCUT2D eigenvalue weighted by molar-refractivity contribution is 5.53. The van der Waals surface area contributed by atoms with Gasteiger partial charge in [0, 0.05) is 57.5 Å². The fourth-order valence-corrected chi connectivity index (χ4v) is 4.77. The number of piperidine rings is 2. The van der Waals surface area contributed by atoms with Gasteiger partial charge in [0.1, 0.15) is 12.4 Å². The third kappa shape index (κ3) is 5.28. The van der Waals surface area contributed by atoms with Gasteiger partial charge in [0.25, 0.3) is 11.6 Å². The van der Waals surface area contributed by atoms with Crippen LogP contribution >= 0.6 is 0 Å². The van der Waals surface area contributed by atoms with E-state index in [1.165, 1.54) is 60.6 Å². The summed E-state index contributed by atoms with van der Waals surface area (Å²) in [6.07, 6.45) is 8.88. The lowest BCUT2D eigenvalue weighted by molar-refractivity contribution is 0.149. The molecule has 0 saturated carbocycles. The van der Waals surface area contributed by atoms with Crippen molar-refractivity contribution in [3.8, 4) is 17.4 Å². The lowest BCUT2D eigenvalue weighted by Crippen LogP contribution is -2.39. The number of anilines is 1. The van der Waals surface area contributed by atoms with E-state index in [0.29, 0.717) is 17.4 Å². The van der Waals surface area contributed by atoms with E-state index in [0.717, 1.165) is 32.5 Å². The van der Waals surface area contributed by atoms with Crippen molar-refractivity contribution in [2.45, 2.75) is 44.8 Å². The summed E-state index contributed by atoms with van der Waals surface area (Å²) < 4.78 is 7.65. The van der Waals surface area contributed by atoms with E-state index in [-0.39, 0.29) is 11.7 Å². The quantitative estimate of drug-likeness (QED) is 0.559. The third-order valence-corrected chi connectivity index (χ3v) is 6.81. The van der Waals surface area contributed by atoms with Crippen LogP contribution < -0.4 is 15.2 Å². The summed E-state index contributed by atoms with van der Waals surface area (Å²) >= 11 is 0. The highest BCUT2D eigenvalue weighted by atomic mass is 16.5. The molecule has 0 atom stereocenters. The van der Waals surface area contributed by atoms with Gasteiger partial charge in [0.2, 0.25) is 0 Å². The van der Waals surface area contributed by atoms with Crippen molar-refractivity contribution in [3.05, 3.63) is 64.8 Å². The average molecular weight is 461 g/mol. The Hall–Kier alpha value is -3.26. The molecule has 178 valence electrons. The molecule has 0 spiro atoms. The predicted octanol–water partition coefficient (Wildman–Crippen LogP) is 3.27. The molecule has 0 radical (unpaired) electrons. The fraction of sp³-hybridized carbons (Fsp3) is 0.462. The summed E-state index contributed by atoms with van der Waals surface area (Å²) in [6, 6.07) is 12.6. The molecule has 2 aromatic heterocycles. The molecule has 2 fully saturated rings. The minimum absolute atomic E-state index is 0.0216. The first-order valence-electron chi connectivity index (χ1n) is 12.2. The molecule has 2 aliphatic rings. The molecule has 2 aliphatic heterocycles. The highest BCUT2D eigenvalue weighted by Crippen LogP contribution is 2.24. The zero-order chi connectivity index (χ0) is 23.3. The molecule has 3 aromatic rings. The molecule has 0 unspecified atom stereocenters. The van der Waals surface area contributed by atoms with E-state index >= 15 is 0 Å². The van der Waals surface area contributed by atoms with Crippen LogP contribution in [0, 0.1) is 0 Å².